The van der Waals surface area contributed by atoms with E-state index in [1.807, 2.05) is 6.92 Å². The number of nitrogens with two attached hydrogens (primary N) is 2. The number of carbonyl (C=O) groups is 3. The maximum atomic E-state index is 11.8. The standard InChI is InChI=1S/C13H16N4O3/c1-2-9-13(20)16-11(18)6-17(9)10-5-7(12(15)19)3-4-8(10)14/h3-5,9H,2,6,14H2,1H3,(H2,15,19)(H,16,18,20). The van der Waals surface area contributed by atoms with Gasteiger partial charge in [0.1, 0.15) is 6.04 Å². The molecule has 1 aliphatic rings. The predicted molar refractivity (Wildman–Crippen MR) is 73.9 cm³/mol. The van der Waals surface area contributed by atoms with Crippen LogP contribution in [-0.2, 0) is 9.59 Å². The number of benzene rings is 1. The first-order valence-electron chi connectivity index (χ1n) is 6.23. The Kier molecular flexibility index (Phi) is 3.60. The molecule has 20 heavy (non-hydrogen) atoms. The minimum Gasteiger partial charge on any atom is -0.397 e. The zero-order chi connectivity index (χ0) is 14.9. The Labute approximate surface area is 115 Å². The van der Waals surface area contributed by atoms with Gasteiger partial charge in [0, 0.05) is 5.56 Å². The van der Waals surface area contributed by atoms with Crippen molar-refractivity contribution in [3.63, 3.8) is 0 Å². The lowest BCUT2D eigenvalue weighted by atomic mass is 10.1. The highest BCUT2D eigenvalue weighted by Crippen LogP contribution is 2.28. The van der Waals surface area contributed by atoms with Crippen molar-refractivity contribution in [2.75, 3.05) is 17.2 Å². The summed E-state index contributed by atoms with van der Waals surface area (Å²) in [4.78, 5) is 36.2. The number of rotatable bonds is 3. The molecule has 7 nitrogen and oxygen atoms in total. The van der Waals surface area contributed by atoms with Gasteiger partial charge in [-0.2, -0.15) is 0 Å². The Hall–Kier alpha value is -2.57. The van der Waals surface area contributed by atoms with Gasteiger partial charge < -0.3 is 16.4 Å². The van der Waals surface area contributed by atoms with E-state index in [0.29, 0.717) is 17.8 Å². The van der Waals surface area contributed by atoms with Crippen molar-refractivity contribution in [2.24, 2.45) is 5.73 Å². The molecule has 1 aliphatic heterocycles. The van der Waals surface area contributed by atoms with Gasteiger partial charge in [-0.3, -0.25) is 19.7 Å². The summed E-state index contributed by atoms with van der Waals surface area (Å²) in [7, 11) is 0. The molecular formula is C13H16N4O3. The molecule has 0 radical (unpaired) electrons. The molecule has 2 rings (SSSR count). The summed E-state index contributed by atoms with van der Waals surface area (Å²) in [6.07, 6.45) is 0.513. The van der Waals surface area contributed by atoms with Crippen molar-refractivity contribution in [2.45, 2.75) is 19.4 Å². The quantitative estimate of drug-likeness (QED) is 0.513. The Bertz CT molecular complexity index is 585. The van der Waals surface area contributed by atoms with Crippen LogP contribution in [0.3, 0.4) is 0 Å². The number of primary amides is 1. The number of amides is 3. The minimum absolute atomic E-state index is 0.0106. The molecule has 3 amide bonds. The van der Waals surface area contributed by atoms with E-state index in [9.17, 15) is 14.4 Å². The number of imide groups is 1. The lowest BCUT2D eigenvalue weighted by Crippen LogP contribution is -2.58. The van der Waals surface area contributed by atoms with Crippen LogP contribution in [0, 0.1) is 0 Å². The summed E-state index contributed by atoms with van der Waals surface area (Å²) in [5, 5.41) is 2.28. The second-order valence-corrected chi connectivity index (χ2v) is 4.60. The molecule has 7 heteroatoms. The maximum absolute atomic E-state index is 11.8. The van der Waals surface area contributed by atoms with Gasteiger partial charge in [0.05, 0.1) is 17.9 Å². The fourth-order valence-electron chi connectivity index (χ4n) is 2.27. The second kappa shape index (κ2) is 5.20. The molecule has 5 N–H and O–H groups in total. The Morgan fingerprint density at radius 3 is 2.75 bits per heavy atom. The van der Waals surface area contributed by atoms with Gasteiger partial charge in [0.25, 0.3) is 0 Å². The average Bonchev–Trinajstić information content (AvgIpc) is 2.38. The van der Waals surface area contributed by atoms with E-state index in [1.54, 1.807) is 11.0 Å². The largest absolute Gasteiger partial charge is 0.397 e. The number of nitrogen functional groups attached to an aromatic ring is 1. The van der Waals surface area contributed by atoms with Crippen LogP contribution in [-0.4, -0.2) is 30.3 Å². The summed E-state index contributed by atoms with van der Waals surface area (Å²) in [5.41, 5.74) is 12.3. The van der Waals surface area contributed by atoms with Gasteiger partial charge in [-0.25, -0.2) is 0 Å². The molecule has 0 aliphatic carbocycles. The van der Waals surface area contributed by atoms with Crippen LogP contribution in [0.4, 0.5) is 11.4 Å². The SMILES string of the molecule is CCC1C(=O)NC(=O)CN1c1cc(C(N)=O)ccc1N. The molecular weight excluding hydrogens is 260 g/mol. The first-order chi connectivity index (χ1) is 9.43. The summed E-state index contributed by atoms with van der Waals surface area (Å²) < 4.78 is 0. The van der Waals surface area contributed by atoms with Gasteiger partial charge in [-0.15, -0.1) is 0 Å². The van der Waals surface area contributed by atoms with Crippen molar-refractivity contribution in [3.05, 3.63) is 23.8 Å². The zero-order valence-corrected chi connectivity index (χ0v) is 11.1. The maximum Gasteiger partial charge on any atom is 0.249 e. The fourth-order valence-corrected chi connectivity index (χ4v) is 2.27. The monoisotopic (exact) mass is 276 g/mol. The number of nitrogens with zero attached hydrogens (tertiary/aromatic N) is 1. The van der Waals surface area contributed by atoms with E-state index in [2.05, 4.69) is 5.32 Å². The summed E-state index contributed by atoms with van der Waals surface area (Å²) in [5.74, 6) is -1.36. The first kappa shape index (κ1) is 13.9. The minimum atomic E-state index is -0.591. The lowest BCUT2D eigenvalue weighted by molar-refractivity contribution is -0.132. The number of anilines is 2. The highest BCUT2D eigenvalue weighted by molar-refractivity contribution is 6.05. The molecule has 0 bridgehead atoms. The number of hydrogen-bond donors (Lipinski definition) is 3. The smallest absolute Gasteiger partial charge is 0.249 e. The van der Waals surface area contributed by atoms with Crippen molar-refractivity contribution in [3.8, 4) is 0 Å². The molecule has 1 aromatic carbocycles. The molecule has 1 atom stereocenters. The molecule has 106 valence electrons. The van der Waals surface area contributed by atoms with Crippen molar-refractivity contribution < 1.29 is 14.4 Å². The lowest BCUT2D eigenvalue weighted by Gasteiger charge is -2.36. The third-order valence-electron chi connectivity index (χ3n) is 3.27. The molecule has 1 heterocycles. The number of nitrogens with one attached hydrogen (secondary N) is 1. The Morgan fingerprint density at radius 2 is 2.15 bits per heavy atom. The molecule has 0 spiro atoms. The highest BCUT2D eigenvalue weighted by Gasteiger charge is 2.33. The zero-order valence-electron chi connectivity index (χ0n) is 11.1. The summed E-state index contributed by atoms with van der Waals surface area (Å²) in [6.45, 7) is 1.85. The fraction of sp³-hybridized carbons (Fsp3) is 0.308. The van der Waals surface area contributed by atoms with Crippen molar-refractivity contribution in [1.82, 2.24) is 5.32 Å². The Morgan fingerprint density at radius 1 is 1.45 bits per heavy atom. The molecule has 1 unspecified atom stereocenters. The normalized spacial score (nSPS) is 18.9. The van der Waals surface area contributed by atoms with E-state index in [4.69, 9.17) is 11.5 Å². The first-order valence-corrected chi connectivity index (χ1v) is 6.23. The molecule has 1 aromatic rings. The Balaban J connectivity index is 2.46. The van der Waals surface area contributed by atoms with Gasteiger partial charge in [-0.1, -0.05) is 6.92 Å². The van der Waals surface area contributed by atoms with Gasteiger partial charge in [0.15, 0.2) is 0 Å². The van der Waals surface area contributed by atoms with Crippen LogP contribution >= 0.6 is 0 Å². The van der Waals surface area contributed by atoms with Crippen molar-refractivity contribution in [1.29, 1.82) is 0 Å². The number of hydrogen-bond acceptors (Lipinski definition) is 5. The summed E-state index contributed by atoms with van der Waals surface area (Å²) in [6, 6.07) is 4.05. The third kappa shape index (κ3) is 2.42. The van der Waals surface area contributed by atoms with Crippen LogP contribution in [0.25, 0.3) is 0 Å². The molecule has 0 saturated carbocycles. The number of carbonyl (C=O) groups excluding carboxylic acids is 3. The van der Waals surface area contributed by atoms with Gasteiger partial charge >= 0.3 is 0 Å². The van der Waals surface area contributed by atoms with Crippen molar-refractivity contribution >= 4 is 29.1 Å². The number of piperazine rings is 1. The molecule has 1 saturated heterocycles. The molecule has 1 fully saturated rings. The average molecular weight is 276 g/mol. The van der Waals surface area contributed by atoms with E-state index >= 15 is 0 Å². The van der Waals surface area contributed by atoms with Crippen LogP contribution < -0.4 is 21.7 Å². The summed E-state index contributed by atoms with van der Waals surface area (Å²) >= 11 is 0. The topological polar surface area (TPSA) is 119 Å². The molecule has 0 aromatic heterocycles. The van der Waals surface area contributed by atoms with E-state index in [0.717, 1.165) is 0 Å². The second-order valence-electron chi connectivity index (χ2n) is 4.60. The van der Waals surface area contributed by atoms with Gasteiger partial charge in [-0.05, 0) is 24.6 Å². The van der Waals surface area contributed by atoms with E-state index in [1.165, 1.54) is 12.1 Å². The predicted octanol–water partition coefficient (Wildman–Crippen LogP) is -0.391. The van der Waals surface area contributed by atoms with Gasteiger partial charge in [0.2, 0.25) is 17.7 Å². The van der Waals surface area contributed by atoms with Crippen LogP contribution in [0.2, 0.25) is 0 Å². The van der Waals surface area contributed by atoms with E-state index in [-0.39, 0.29) is 18.0 Å². The highest BCUT2D eigenvalue weighted by atomic mass is 16.2. The van der Waals surface area contributed by atoms with Crippen LogP contribution in [0.15, 0.2) is 18.2 Å². The third-order valence-corrected chi connectivity index (χ3v) is 3.27. The van der Waals surface area contributed by atoms with Crippen LogP contribution in [0.5, 0.6) is 0 Å². The van der Waals surface area contributed by atoms with E-state index < -0.39 is 17.9 Å². The van der Waals surface area contributed by atoms with Crippen LogP contribution in [0.1, 0.15) is 23.7 Å².